The summed E-state index contributed by atoms with van der Waals surface area (Å²) in [5, 5.41) is 11.0. The molecule has 0 spiro atoms. The molecular formula is C19H29IN6. The summed E-state index contributed by atoms with van der Waals surface area (Å²) in [4.78, 5) is 6.64. The van der Waals surface area contributed by atoms with Gasteiger partial charge in [0, 0.05) is 58.4 Å². The number of hydrogen-bond donors (Lipinski definition) is 2. The number of halogens is 1. The smallest absolute Gasteiger partial charge is 0.191 e. The van der Waals surface area contributed by atoms with Gasteiger partial charge in [-0.15, -0.1) is 24.0 Å². The number of hydrogen-bond acceptors (Lipinski definition) is 3. The largest absolute Gasteiger partial charge is 0.374 e. The Hall–Kier alpha value is -1.77. The molecule has 1 aromatic carbocycles. The normalized spacial score (nSPS) is 13.8. The van der Waals surface area contributed by atoms with Gasteiger partial charge >= 0.3 is 0 Å². The molecule has 2 aromatic rings. The third-order valence-electron chi connectivity index (χ3n) is 4.59. The van der Waals surface area contributed by atoms with Gasteiger partial charge in [-0.25, -0.2) is 0 Å². The fourth-order valence-electron chi connectivity index (χ4n) is 3.24. The van der Waals surface area contributed by atoms with E-state index in [1.165, 1.54) is 29.7 Å². The molecule has 7 heteroatoms. The van der Waals surface area contributed by atoms with Crippen molar-refractivity contribution < 1.29 is 0 Å². The summed E-state index contributed by atoms with van der Waals surface area (Å²) < 4.78 is 1.95. The Bertz CT molecular complexity index is 698. The molecule has 0 atom stereocenters. The fourth-order valence-corrected chi connectivity index (χ4v) is 3.24. The first-order chi connectivity index (χ1) is 12.3. The number of guanidine groups is 1. The van der Waals surface area contributed by atoms with Crippen LogP contribution in [-0.4, -0.2) is 42.9 Å². The Morgan fingerprint density at radius 2 is 2.19 bits per heavy atom. The van der Waals surface area contributed by atoms with Crippen LogP contribution in [0.1, 0.15) is 24.0 Å². The maximum absolute atomic E-state index is 4.30. The van der Waals surface area contributed by atoms with Gasteiger partial charge in [-0.05, 0) is 42.5 Å². The summed E-state index contributed by atoms with van der Waals surface area (Å²) >= 11 is 0. The first-order valence-electron chi connectivity index (χ1n) is 9.01. The van der Waals surface area contributed by atoms with Crippen LogP contribution >= 0.6 is 24.0 Å². The zero-order chi connectivity index (χ0) is 17.5. The molecular weight excluding hydrogens is 439 g/mol. The number of rotatable bonds is 6. The van der Waals surface area contributed by atoms with E-state index in [-0.39, 0.29) is 24.0 Å². The highest BCUT2D eigenvalue weighted by Crippen LogP contribution is 2.26. The van der Waals surface area contributed by atoms with Gasteiger partial charge in [0.2, 0.25) is 0 Å². The first kappa shape index (κ1) is 20.5. The first-order valence-corrected chi connectivity index (χ1v) is 9.01. The van der Waals surface area contributed by atoms with E-state index in [4.69, 9.17) is 0 Å². The Labute approximate surface area is 173 Å². The van der Waals surface area contributed by atoms with Crippen molar-refractivity contribution in [3.8, 4) is 0 Å². The number of benzene rings is 1. The lowest BCUT2D eigenvalue weighted by atomic mass is 9.99. The van der Waals surface area contributed by atoms with E-state index in [9.17, 15) is 0 Å². The van der Waals surface area contributed by atoms with E-state index in [1.54, 1.807) is 0 Å². The molecule has 0 bridgehead atoms. The highest BCUT2D eigenvalue weighted by molar-refractivity contribution is 14.0. The average molecular weight is 468 g/mol. The van der Waals surface area contributed by atoms with Gasteiger partial charge in [0.15, 0.2) is 5.96 Å². The van der Waals surface area contributed by atoms with Gasteiger partial charge in [-0.3, -0.25) is 9.67 Å². The van der Waals surface area contributed by atoms with Crippen LogP contribution in [-0.2, 0) is 19.5 Å². The lowest BCUT2D eigenvalue weighted by Gasteiger charge is -2.28. The minimum Gasteiger partial charge on any atom is -0.374 e. The lowest BCUT2D eigenvalue weighted by molar-refractivity contribution is 0.570. The standard InChI is InChI=1S/C19H28N6.HI/c1-20-19(21-9-4-12-25-13-5-10-23-25)22-15-16-7-8-18-17(14-16)6-3-11-24(18)2;/h5,7-8,10,13-14H,3-4,6,9,11-12,15H2,1-2H3,(H2,20,21,22);1H. The van der Waals surface area contributed by atoms with Crippen LogP contribution in [0.4, 0.5) is 5.69 Å². The van der Waals surface area contributed by atoms with Gasteiger partial charge in [0.05, 0.1) is 0 Å². The van der Waals surface area contributed by atoms with Crippen LogP contribution < -0.4 is 15.5 Å². The van der Waals surface area contributed by atoms with Gasteiger partial charge in [0.25, 0.3) is 0 Å². The van der Waals surface area contributed by atoms with Crippen molar-refractivity contribution >= 4 is 35.6 Å². The van der Waals surface area contributed by atoms with E-state index in [1.807, 2.05) is 30.2 Å². The molecule has 0 aliphatic carbocycles. The number of anilines is 1. The van der Waals surface area contributed by atoms with E-state index in [0.717, 1.165) is 38.6 Å². The van der Waals surface area contributed by atoms with Gasteiger partial charge in [0.1, 0.15) is 0 Å². The van der Waals surface area contributed by atoms with Crippen LogP contribution in [0.2, 0.25) is 0 Å². The molecule has 0 saturated heterocycles. The maximum atomic E-state index is 4.30. The highest BCUT2D eigenvalue weighted by Gasteiger charge is 2.13. The second kappa shape index (κ2) is 10.4. The monoisotopic (exact) mass is 468 g/mol. The Morgan fingerprint density at radius 3 is 2.96 bits per heavy atom. The summed E-state index contributed by atoms with van der Waals surface area (Å²) in [6, 6.07) is 8.72. The van der Waals surface area contributed by atoms with E-state index < -0.39 is 0 Å². The Morgan fingerprint density at radius 1 is 1.31 bits per heavy atom. The molecule has 0 radical (unpaired) electrons. The second-order valence-electron chi connectivity index (χ2n) is 6.46. The highest BCUT2D eigenvalue weighted by atomic mass is 127. The maximum Gasteiger partial charge on any atom is 0.191 e. The number of aliphatic imine (C=N–C) groups is 1. The topological polar surface area (TPSA) is 57.5 Å². The zero-order valence-electron chi connectivity index (χ0n) is 15.6. The van der Waals surface area contributed by atoms with Crippen molar-refractivity contribution in [1.82, 2.24) is 20.4 Å². The van der Waals surface area contributed by atoms with Crippen molar-refractivity contribution in [2.75, 3.05) is 32.1 Å². The van der Waals surface area contributed by atoms with E-state index in [2.05, 4.69) is 50.9 Å². The zero-order valence-corrected chi connectivity index (χ0v) is 17.9. The molecule has 1 aliphatic heterocycles. The lowest BCUT2D eigenvalue weighted by Crippen LogP contribution is -2.37. The second-order valence-corrected chi connectivity index (χ2v) is 6.46. The summed E-state index contributed by atoms with van der Waals surface area (Å²) in [6.45, 7) is 3.72. The van der Waals surface area contributed by atoms with Crippen molar-refractivity contribution in [3.05, 3.63) is 47.8 Å². The number of nitrogens with zero attached hydrogens (tertiary/aromatic N) is 4. The summed E-state index contributed by atoms with van der Waals surface area (Å²) in [5.74, 6) is 0.843. The molecule has 0 unspecified atom stereocenters. The molecule has 2 N–H and O–H groups in total. The molecule has 0 saturated carbocycles. The molecule has 6 nitrogen and oxygen atoms in total. The van der Waals surface area contributed by atoms with Crippen molar-refractivity contribution in [2.45, 2.75) is 32.4 Å². The molecule has 2 heterocycles. The summed E-state index contributed by atoms with van der Waals surface area (Å²) in [6.07, 6.45) is 7.21. The van der Waals surface area contributed by atoms with Crippen LogP contribution in [0.15, 0.2) is 41.7 Å². The Balaban J connectivity index is 0.00000243. The number of fused-ring (bicyclic) bond motifs is 1. The third-order valence-corrected chi connectivity index (χ3v) is 4.59. The quantitative estimate of drug-likeness (QED) is 0.296. The van der Waals surface area contributed by atoms with Crippen LogP contribution in [0.3, 0.4) is 0 Å². The Kier molecular flexibility index (Phi) is 8.21. The van der Waals surface area contributed by atoms with Gasteiger partial charge in [-0.1, -0.05) is 12.1 Å². The molecule has 3 rings (SSSR count). The van der Waals surface area contributed by atoms with Gasteiger partial charge in [-0.2, -0.15) is 5.10 Å². The molecule has 0 fully saturated rings. The van der Waals surface area contributed by atoms with Gasteiger partial charge < -0.3 is 15.5 Å². The minimum absolute atomic E-state index is 0. The van der Waals surface area contributed by atoms with E-state index in [0.29, 0.717) is 0 Å². The van der Waals surface area contributed by atoms with Crippen LogP contribution in [0.25, 0.3) is 0 Å². The fraction of sp³-hybridized carbons (Fsp3) is 0.474. The molecule has 142 valence electrons. The average Bonchev–Trinajstić information content (AvgIpc) is 3.15. The van der Waals surface area contributed by atoms with Crippen LogP contribution in [0.5, 0.6) is 0 Å². The molecule has 26 heavy (non-hydrogen) atoms. The van der Waals surface area contributed by atoms with Crippen molar-refractivity contribution in [2.24, 2.45) is 4.99 Å². The minimum atomic E-state index is 0. The van der Waals surface area contributed by atoms with Crippen molar-refractivity contribution in [1.29, 1.82) is 0 Å². The summed E-state index contributed by atoms with van der Waals surface area (Å²) in [7, 11) is 3.98. The SMILES string of the molecule is CN=C(NCCCn1cccn1)NCc1ccc2c(c1)CCCN2C.I. The third kappa shape index (κ3) is 5.62. The number of aromatic nitrogens is 2. The molecule has 0 amide bonds. The molecule has 1 aliphatic rings. The molecule has 1 aromatic heterocycles. The number of nitrogens with one attached hydrogen (secondary N) is 2. The summed E-state index contributed by atoms with van der Waals surface area (Å²) in [5.41, 5.74) is 4.12. The van der Waals surface area contributed by atoms with Crippen LogP contribution in [0, 0.1) is 0 Å². The number of aryl methyl sites for hydroxylation is 2. The van der Waals surface area contributed by atoms with E-state index >= 15 is 0 Å². The van der Waals surface area contributed by atoms with Crippen molar-refractivity contribution in [3.63, 3.8) is 0 Å². The predicted molar refractivity (Wildman–Crippen MR) is 118 cm³/mol. The predicted octanol–water partition coefficient (Wildman–Crippen LogP) is 2.64.